The number of fused-ring (bicyclic) bond motifs is 1. The molecule has 26 heavy (non-hydrogen) atoms. The van der Waals surface area contributed by atoms with Gasteiger partial charge in [0.05, 0.1) is 11.2 Å². The number of hydrogen-bond donors (Lipinski definition) is 0. The lowest BCUT2D eigenvalue weighted by Gasteiger charge is -2.34. The SMILES string of the molecule is C[C@@H](C(=O)N1CCC[C@H](c2cc3ccccc3cn2)C1)n1cc(Cl)cn1. The molecule has 0 spiro atoms. The fourth-order valence-electron chi connectivity index (χ4n) is 3.65. The van der Waals surface area contributed by atoms with Gasteiger partial charge in [0.1, 0.15) is 6.04 Å². The number of benzene rings is 1. The lowest BCUT2D eigenvalue weighted by Crippen LogP contribution is -2.42. The summed E-state index contributed by atoms with van der Waals surface area (Å²) >= 11 is 5.93. The van der Waals surface area contributed by atoms with Crippen LogP contribution in [-0.2, 0) is 4.79 Å². The van der Waals surface area contributed by atoms with Gasteiger partial charge in [0, 0.05) is 42.5 Å². The van der Waals surface area contributed by atoms with Crippen LogP contribution in [0.25, 0.3) is 10.8 Å². The van der Waals surface area contributed by atoms with Gasteiger partial charge in [-0.3, -0.25) is 14.5 Å². The van der Waals surface area contributed by atoms with Crippen molar-refractivity contribution in [2.24, 2.45) is 0 Å². The van der Waals surface area contributed by atoms with Gasteiger partial charge in [-0.25, -0.2) is 0 Å². The first-order chi connectivity index (χ1) is 12.6. The summed E-state index contributed by atoms with van der Waals surface area (Å²) in [7, 11) is 0. The Labute approximate surface area is 157 Å². The third kappa shape index (κ3) is 3.31. The van der Waals surface area contributed by atoms with Crippen molar-refractivity contribution < 1.29 is 4.79 Å². The molecule has 0 bridgehead atoms. The van der Waals surface area contributed by atoms with E-state index in [1.165, 1.54) is 5.39 Å². The molecule has 5 nitrogen and oxygen atoms in total. The Hall–Kier alpha value is -2.40. The van der Waals surface area contributed by atoms with E-state index in [1.54, 1.807) is 17.1 Å². The van der Waals surface area contributed by atoms with Crippen molar-refractivity contribution in [1.82, 2.24) is 19.7 Å². The highest BCUT2D eigenvalue weighted by Crippen LogP contribution is 2.28. The molecule has 134 valence electrons. The second-order valence-corrected chi connectivity index (χ2v) is 7.33. The first-order valence-electron chi connectivity index (χ1n) is 8.95. The first-order valence-corrected chi connectivity index (χ1v) is 9.33. The zero-order chi connectivity index (χ0) is 18.1. The van der Waals surface area contributed by atoms with Crippen molar-refractivity contribution in [3.63, 3.8) is 0 Å². The molecule has 0 unspecified atom stereocenters. The summed E-state index contributed by atoms with van der Waals surface area (Å²) in [6.45, 7) is 3.34. The number of hydrogen-bond acceptors (Lipinski definition) is 3. The zero-order valence-corrected chi connectivity index (χ0v) is 15.4. The average molecular weight is 369 g/mol. The van der Waals surface area contributed by atoms with Gasteiger partial charge in [-0.15, -0.1) is 0 Å². The van der Waals surface area contributed by atoms with E-state index < -0.39 is 0 Å². The summed E-state index contributed by atoms with van der Waals surface area (Å²) in [5.74, 6) is 0.348. The first kappa shape index (κ1) is 17.0. The number of aromatic nitrogens is 3. The molecule has 3 heterocycles. The summed E-state index contributed by atoms with van der Waals surface area (Å²) in [6, 6.07) is 10.0. The highest BCUT2D eigenvalue weighted by atomic mass is 35.5. The van der Waals surface area contributed by atoms with Crippen LogP contribution in [0.4, 0.5) is 0 Å². The van der Waals surface area contributed by atoms with Crippen molar-refractivity contribution in [2.75, 3.05) is 13.1 Å². The van der Waals surface area contributed by atoms with Crippen LogP contribution in [0.2, 0.25) is 5.02 Å². The Kier molecular flexibility index (Phi) is 4.64. The Morgan fingerprint density at radius 3 is 2.85 bits per heavy atom. The summed E-state index contributed by atoms with van der Waals surface area (Å²) in [5.41, 5.74) is 1.07. The quantitative estimate of drug-likeness (QED) is 0.700. The predicted octanol–water partition coefficient (Wildman–Crippen LogP) is 4.05. The number of halogens is 1. The van der Waals surface area contributed by atoms with E-state index in [0.717, 1.165) is 30.5 Å². The molecule has 0 aliphatic carbocycles. The average Bonchev–Trinajstić information content (AvgIpc) is 3.13. The third-order valence-electron chi connectivity index (χ3n) is 5.13. The largest absolute Gasteiger partial charge is 0.340 e. The highest BCUT2D eigenvalue weighted by molar-refractivity contribution is 6.30. The van der Waals surface area contributed by atoms with Gasteiger partial charge < -0.3 is 4.90 Å². The van der Waals surface area contributed by atoms with Gasteiger partial charge >= 0.3 is 0 Å². The lowest BCUT2D eigenvalue weighted by molar-refractivity contribution is -0.135. The number of likely N-dealkylation sites (tertiary alicyclic amines) is 1. The Morgan fingerprint density at radius 1 is 1.27 bits per heavy atom. The molecule has 1 aliphatic rings. The molecule has 1 fully saturated rings. The molecule has 0 N–H and O–H groups in total. The minimum atomic E-state index is -0.356. The van der Waals surface area contributed by atoms with Crippen molar-refractivity contribution in [1.29, 1.82) is 0 Å². The van der Waals surface area contributed by atoms with Crippen LogP contribution in [0.15, 0.2) is 48.9 Å². The maximum Gasteiger partial charge on any atom is 0.247 e. The molecule has 1 aromatic carbocycles. The molecule has 1 aliphatic heterocycles. The second-order valence-electron chi connectivity index (χ2n) is 6.89. The predicted molar refractivity (Wildman–Crippen MR) is 102 cm³/mol. The summed E-state index contributed by atoms with van der Waals surface area (Å²) < 4.78 is 1.63. The Morgan fingerprint density at radius 2 is 2.08 bits per heavy atom. The van der Waals surface area contributed by atoms with Crippen LogP contribution in [0.1, 0.15) is 37.4 Å². The molecule has 1 amide bonds. The maximum absolute atomic E-state index is 12.9. The van der Waals surface area contributed by atoms with Crippen LogP contribution in [0.3, 0.4) is 0 Å². The van der Waals surface area contributed by atoms with Gasteiger partial charge in [-0.05, 0) is 31.2 Å². The molecule has 2 aromatic heterocycles. The molecule has 0 radical (unpaired) electrons. The number of rotatable bonds is 3. The number of nitrogens with zero attached hydrogens (tertiary/aromatic N) is 4. The second kappa shape index (κ2) is 7.08. The smallest absolute Gasteiger partial charge is 0.247 e. The molecule has 2 atom stereocenters. The number of amides is 1. The summed E-state index contributed by atoms with van der Waals surface area (Å²) in [5, 5.41) is 7.05. The number of carbonyl (C=O) groups excluding carboxylic acids is 1. The van der Waals surface area contributed by atoms with Crippen LogP contribution < -0.4 is 0 Å². The number of carbonyl (C=O) groups is 1. The van der Waals surface area contributed by atoms with Crippen molar-refractivity contribution >= 4 is 28.3 Å². The third-order valence-corrected chi connectivity index (χ3v) is 5.32. The minimum absolute atomic E-state index is 0.0789. The van der Waals surface area contributed by atoms with Gasteiger partial charge in [0.25, 0.3) is 0 Å². The van der Waals surface area contributed by atoms with E-state index >= 15 is 0 Å². The van der Waals surface area contributed by atoms with E-state index in [9.17, 15) is 4.79 Å². The van der Waals surface area contributed by atoms with Crippen LogP contribution in [-0.4, -0.2) is 38.7 Å². The van der Waals surface area contributed by atoms with E-state index in [1.807, 2.05) is 30.2 Å². The Balaban J connectivity index is 1.52. The topological polar surface area (TPSA) is 51.0 Å². The molecule has 1 saturated heterocycles. The fourth-order valence-corrected chi connectivity index (χ4v) is 3.79. The van der Waals surface area contributed by atoms with Gasteiger partial charge in [-0.1, -0.05) is 35.9 Å². The van der Waals surface area contributed by atoms with E-state index in [-0.39, 0.29) is 17.9 Å². The van der Waals surface area contributed by atoms with Crippen LogP contribution in [0, 0.1) is 0 Å². The molecular weight excluding hydrogens is 348 g/mol. The molecular formula is C20H21ClN4O. The number of pyridine rings is 1. The maximum atomic E-state index is 12.9. The lowest BCUT2D eigenvalue weighted by atomic mass is 9.93. The van der Waals surface area contributed by atoms with Gasteiger partial charge in [-0.2, -0.15) is 5.10 Å². The minimum Gasteiger partial charge on any atom is -0.340 e. The van der Waals surface area contributed by atoms with Crippen LogP contribution >= 0.6 is 11.6 Å². The van der Waals surface area contributed by atoms with Gasteiger partial charge in [0.15, 0.2) is 0 Å². The number of piperidine rings is 1. The summed E-state index contributed by atoms with van der Waals surface area (Å²) in [6.07, 6.45) is 7.22. The van der Waals surface area contributed by atoms with Crippen molar-refractivity contribution in [3.05, 3.63) is 59.6 Å². The van der Waals surface area contributed by atoms with Crippen LogP contribution in [0.5, 0.6) is 0 Å². The molecule has 6 heteroatoms. The molecule has 0 saturated carbocycles. The highest BCUT2D eigenvalue weighted by Gasteiger charge is 2.29. The fraction of sp³-hybridized carbons (Fsp3) is 0.350. The van der Waals surface area contributed by atoms with E-state index in [0.29, 0.717) is 11.6 Å². The molecule has 4 rings (SSSR count). The summed E-state index contributed by atoms with van der Waals surface area (Å²) in [4.78, 5) is 19.5. The van der Waals surface area contributed by atoms with Gasteiger partial charge in [0.2, 0.25) is 5.91 Å². The normalized spacial score (nSPS) is 18.8. The monoisotopic (exact) mass is 368 g/mol. The zero-order valence-electron chi connectivity index (χ0n) is 14.7. The molecule has 3 aromatic rings. The van der Waals surface area contributed by atoms with E-state index in [2.05, 4.69) is 28.3 Å². The van der Waals surface area contributed by atoms with E-state index in [4.69, 9.17) is 11.6 Å². The standard InChI is InChI=1S/C20H21ClN4O/c1-14(25-13-18(21)11-23-25)20(26)24-8-4-7-17(12-24)19-9-15-5-2-3-6-16(15)10-22-19/h2-3,5-6,9-11,13-14,17H,4,7-8,12H2,1H3/t14-,17-/m0/s1. The Bertz CT molecular complexity index is 938. The van der Waals surface area contributed by atoms with Crippen molar-refractivity contribution in [2.45, 2.75) is 31.7 Å². The van der Waals surface area contributed by atoms with Crippen molar-refractivity contribution in [3.8, 4) is 0 Å².